The van der Waals surface area contributed by atoms with Gasteiger partial charge in [-0.25, -0.2) is 4.79 Å². The number of amides is 1. The third-order valence-electron chi connectivity index (χ3n) is 3.75. The molecule has 0 aliphatic heterocycles. The van der Waals surface area contributed by atoms with Crippen molar-refractivity contribution in [1.82, 2.24) is 9.55 Å². The van der Waals surface area contributed by atoms with Gasteiger partial charge in [-0.1, -0.05) is 0 Å². The Morgan fingerprint density at radius 1 is 1.30 bits per heavy atom. The topological polar surface area (TPSA) is 92.9 Å². The first kappa shape index (κ1) is 12.7. The molecule has 0 unspecified atom stereocenters. The minimum Gasteiger partial charge on any atom is -0.324 e. The number of carbonyl (C=O) groups is 1. The number of hydrogen-bond donors (Lipinski definition) is 3. The summed E-state index contributed by atoms with van der Waals surface area (Å²) in [5, 5.41) is 2.81. The van der Waals surface area contributed by atoms with Crippen molar-refractivity contribution in [1.29, 1.82) is 0 Å². The lowest BCUT2D eigenvalue weighted by molar-refractivity contribution is -0.123. The summed E-state index contributed by atoms with van der Waals surface area (Å²) in [5.74, 6) is -0.143. The highest BCUT2D eigenvalue weighted by molar-refractivity contribution is 5.98. The van der Waals surface area contributed by atoms with E-state index in [1.54, 1.807) is 36.7 Å². The second-order valence-electron chi connectivity index (χ2n) is 5.15. The van der Waals surface area contributed by atoms with Gasteiger partial charge in [0.15, 0.2) is 0 Å². The van der Waals surface area contributed by atoms with Crippen LogP contribution in [0.4, 0.5) is 5.69 Å². The maximum atomic E-state index is 12.0. The number of nitrogens with zero attached hydrogens (tertiary/aromatic N) is 1. The number of hydrogen-bond acceptors (Lipinski definition) is 3. The normalized spacial score (nSPS) is 16.4. The molecule has 1 aliphatic carbocycles. The van der Waals surface area contributed by atoms with Gasteiger partial charge in [0.2, 0.25) is 5.91 Å². The molecule has 0 radical (unpaired) electrons. The molecular weight excluding hydrogens is 256 g/mol. The summed E-state index contributed by atoms with van der Waals surface area (Å²) >= 11 is 0. The zero-order chi connectivity index (χ0) is 14.2. The van der Waals surface area contributed by atoms with Crippen molar-refractivity contribution in [2.24, 2.45) is 5.73 Å². The van der Waals surface area contributed by atoms with Crippen LogP contribution in [0.25, 0.3) is 5.69 Å². The first-order valence-electron chi connectivity index (χ1n) is 6.55. The summed E-state index contributed by atoms with van der Waals surface area (Å²) in [6.45, 7) is 0. The Bertz CT molecular complexity index is 680. The van der Waals surface area contributed by atoms with Gasteiger partial charge in [-0.2, -0.15) is 0 Å². The number of anilines is 1. The Morgan fingerprint density at radius 3 is 2.50 bits per heavy atom. The van der Waals surface area contributed by atoms with E-state index in [0.29, 0.717) is 5.69 Å². The molecule has 6 nitrogen and oxygen atoms in total. The highest BCUT2D eigenvalue weighted by Crippen LogP contribution is 2.30. The third-order valence-corrected chi connectivity index (χ3v) is 3.75. The molecule has 1 saturated carbocycles. The van der Waals surface area contributed by atoms with Crippen LogP contribution in [0, 0.1) is 0 Å². The fraction of sp³-hybridized carbons (Fsp3) is 0.286. The van der Waals surface area contributed by atoms with E-state index in [2.05, 4.69) is 10.3 Å². The molecule has 0 atom stereocenters. The monoisotopic (exact) mass is 272 g/mol. The zero-order valence-electron chi connectivity index (χ0n) is 10.9. The summed E-state index contributed by atoms with van der Waals surface area (Å²) in [7, 11) is 0. The maximum Gasteiger partial charge on any atom is 0.330 e. The SMILES string of the molecule is NC1(C(=O)Nc2ccc(-n3cc[nH]c3=O)cc2)CCC1. The third kappa shape index (κ3) is 2.14. The fourth-order valence-corrected chi connectivity index (χ4v) is 2.27. The molecule has 1 fully saturated rings. The highest BCUT2D eigenvalue weighted by atomic mass is 16.2. The number of aromatic amines is 1. The molecule has 1 aromatic carbocycles. The lowest BCUT2D eigenvalue weighted by Gasteiger charge is -2.36. The first-order chi connectivity index (χ1) is 9.58. The summed E-state index contributed by atoms with van der Waals surface area (Å²) in [5.41, 5.74) is 6.47. The van der Waals surface area contributed by atoms with Crippen LogP contribution in [-0.4, -0.2) is 21.0 Å². The van der Waals surface area contributed by atoms with Gasteiger partial charge < -0.3 is 16.0 Å². The molecule has 0 bridgehead atoms. The average molecular weight is 272 g/mol. The number of aromatic nitrogens is 2. The molecule has 104 valence electrons. The summed E-state index contributed by atoms with van der Waals surface area (Å²) in [4.78, 5) is 26.0. The van der Waals surface area contributed by atoms with Crippen molar-refractivity contribution in [3.63, 3.8) is 0 Å². The average Bonchev–Trinajstić information content (AvgIpc) is 2.83. The molecule has 2 aromatic rings. The van der Waals surface area contributed by atoms with Crippen molar-refractivity contribution in [2.75, 3.05) is 5.32 Å². The molecular formula is C14H16N4O2. The number of nitrogens with two attached hydrogens (primary N) is 1. The maximum absolute atomic E-state index is 12.0. The van der Waals surface area contributed by atoms with Crippen LogP contribution in [0.1, 0.15) is 19.3 Å². The molecule has 0 spiro atoms. The summed E-state index contributed by atoms with van der Waals surface area (Å²) in [6.07, 6.45) is 5.69. The second kappa shape index (κ2) is 4.64. The van der Waals surface area contributed by atoms with E-state index in [-0.39, 0.29) is 11.6 Å². The Kier molecular flexibility index (Phi) is 2.94. The number of carbonyl (C=O) groups excluding carboxylic acids is 1. The molecule has 1 aromatic heterocycles. The van der Waals surface area contributed by atoms with E-state index >= 15 is 0 Å². The smallest absolute Gasteiger partial charge is 0.324 e. The predicted molar refractivity (Wildman–Crippen MR) is 75.8 cm³/mol. The fourth-order valence-electron chi connectivity index (χ4n) is 2.27. The Balaban J connectivity index is 1.75. The molecule has 6 heteroatoms. The molecule has 3 rings (SSSR count). The van der Waals surface area contributed by atoms with Crippen LogP contribution in [0.2, 0.25) is 0 Å². The molecule has 0 saturated heterocycles. The van der Waals surface area contributed by atoms with Crippen molar-refractivity contribution in [3.8, 4) is 5.69 Å². The van der Waals surface area contributed by atoms with Crippen LogP contribution in [0.3, 0.4) is 0 Å². The van der Waals surface area contributed by atoms with Crippen molar-refractivity contribution in [3.05, 3.63) is 47.1 Å². The molecule has 1 aliphatic rings. The van der Waals surface area contributed by atoms with Gasteiger partial charge in [0.1, 0.15) is 0 Å². The van der Waals surface area contributed by atoms with Gasteiger partial charge in [-0.3, -0.25) is 9.36 Å². The summed E-state index contributed by atoms with van der Waals surface area (Å²) in [6, 6.07) is 7.06. The Labute approximate surface area is 115 Å². The largest absolute Gasteiger partial charge is 0.330 e. The van der Waals surface area contributed by atoms with Crippen LogP contribution < -0.4 is 16.7 Å². The summed E-state index contributed by atoms with van der Waals surface area (Å²) < 4.78 is 1.49. The van der Waals surface area contributed by atoms with Gasteiger partial charge in [0, 0.05) is 18.1 Å². The van der Waals surface area contributed by atoms with Gasteiger partial charge in [-0.15, -0.1) is 0 Å². The van der Waals surface area contributed by atoms with Gasteiger partial charge in [-0.05, 0) is 43.5 Å². The van der Waals surface area contributed by atoms with Crippen molar-refractivity contribution < 1.29 is 4.79 Å². The van der Waals surface area contributed by atoms with E-state index in [9.17, 15) is 9.59 Å². The standard InChI is InChI=1S/C14H16N4O2/c15-14(6-1-7-14)12(19)17-10-2-4-11(5-3-10)18-9-8-16-13(18)20/h2-5,8-9H,1,6-7,15H2,(H,16,20)(H,17,19). The van der Waals surface area contributed by atoms with E-state index in [1.165, 1.54) is 4.57 Å². The molecule has 1 heterocycles. The number of benzene rings is 1. The minimum absolute atomic E-state index is 0.143. The van der Waals surface area contributed by atoms with E-state index < -0.39 is 5.54 Å². The van der Waals surface area contributed by atoms with Gasteiger partial charge in [0.05, 0.1) is 11.2 Å². The van der Waals surface area contributed by atoms with Gasteiger partial charge >= 0.3 is 5.69 Å². The first-order valence-corrected chi connectivity index (χ1v) is 6.55. The number of imidazole rings is 1. The Hall–Kier alpha value is -2.34. The van der Waals surface area contributed by atoms with E-state index in [0.717, 1.165) is 24.9 Å². The minimum atomic E-state index is -0.712. The van der Waals surface area contributed by atoms with E-state index in [4.69, 9.17) is 5.73 Å². The molecule has 4 N–H and O–H groups in total. The Morgan fingerprint density at radius 2 is 2.00 bits per heavy atom. The van der Waals surface area contributed by atoms with Crippen LogP contribution in [-0.2, 0) is 4.79 Å². The van der Waals surface area contributed by atoms with E-state index in [1.807, 2.05) is 0 Å². The van der Waals surface area contributed by atoms with Crippen molar-refractivity contribution in [2.45, 2.75) is 24.8 Å². The number of H-pyrrole nitrogens is 1. The zero-order valence-corrected chi connectivity index (χ0v) is 10.9. The van der Waals surface area contributed by atoms with Crippen LogP contribution in [0.5, 0.6) is 0 Å². The number of nitrogens with one attached hydrogen (secondary N) is 2. The lowest BCUT2D eigenvalue weighted by atomic mass is 9.77. The van der Waals surface area contributed by atoms with Crippen molar-refractivity contribution >= 4 is 11.6 Å². The van der Waals surface area contributed by atoms with Gasteiger partial charge in [0.25, 0.3) is 0 Å². The molecule has 1 amide bonds. The van der Waals surface area contributed by atoms with Crippen LogP contribution >= 0.6 is 0 Å². The highest BCUT2D eigenvalue weighted by Gasteiger charge is 2.40. The second-order valence-corrected chi connectivity index (χ2v) is 5.15. The number of rotatable bonds is 3. The lowest BCUT2D eigenvalue weighted by Crippen LogP contribution is -2.56. The predicted octanol–water partition coefficient (Wildman–Crippen LogP) is 0.985. The quantitative estimate of drug-likeness (QED) is 0.777. The van der Waals surface area contributed by atoms with Crippen LogP contribution in [0.15, 0.2) is 41.5 Å². The molecule has 20 heavy (non-hydrogen) atoms.